The summed E-state index contributed by atoms with van der Waals surface area (Å²) in [6, 6.07) is 18.0. The molecule has 1 saturated heterocycles. The molecule has 2 heterocycles. The van der Waals surface area contributed by atoms with Gasteiger partial charge >= 0.3 is 0 Å². The second-order valence-electron chi connectivity index (χ2n) is 8.57. The molecule has 186 valence electrons. The van der Waals surface area contributed by atoms with Crippen molar-refractivity contribution >= 4 is 27.5 Å². The van der Waals surface area contributed by atoms with Crippen LogP contribution in [-0.4, -0.2) is 62.3 Å². The monoisotopic (exact) mass is 509 g/mol. The fourth-order valence-corrected chi connectivity index (χ4v) is 5.94. The second kappa shape index (κ2) is 9.81. The highest BCUT2D eigenvalue weighted by atomic mass is 32.2. The molecule has 2 aliphatic rings. The van der Waals surface area contributed by atoms with Crippen LogP contribution in [0.1, 0.15) is 27.5 Å². The van der Waals surface area contributed by atoms with Crippen molar-refractivity contribution in [2.75, 3.05) is 38.2 Å². The van der Waals surface area contributed by atoms with E-state index in [-0.39, 0.29) is 30.1 Å². The Bertz CT molecular complexity index is 1390. The van der Waals surface area contributed by atoms with Gasteiger partial charge in [0, 0.05) is 29.9 Å². The molecule has 10 heteroatoms. The first-order valence-electron chi connectivity index (χ1n) is 11.5. The van der Waals surface area contributed by atoms with Crippen molar-refractivity contribution in [3.05, 3.63) is 95.3 Å². The van der Waals surface area contributed by atoms with Crippen LogP contribution >= 0.6 is 0 Å². The molecule has 0 radical (unpaired) electrons. The first-order valence-corrected chi connectivity index (χ1v) is 12.9. The third-order valence-electron chi connectivity index (χ3n) is 6.29. The molecule has 2 amide bonds. The summed E-state index contributed by atoms with van der Waals surface area (Å²) in [6.07, 6.45) is 0. The number of hydrogen-bond donors (Lipinski definition) is 1. The number of hydrogen-bond acceptors (Lipinski definition) is 5. The Labute approximate surface area is 208 Å². The lowest BCUT2D eigenvalue weighted by atomic mass is 9.95. The lowest BCUT2D eigenvalue weighted by Gasteiger charge is -2.31. The van der Waals surface area contributed by atoms with E-state index >= 15 is 0 Å². The van der Waals surface area contributed by atoms with E-state index in [1.807, 2.05) is 30.3 Å². The molecule has 3 aromatic rings. The van der Waals surface area contributed by atoms with Crippen molar-refractivity contribution in [3.8, 4) is 0 Å². The number of carbonyl (C=O) groups excluding carboxylic acids is 2. The van der Waals surface area contributed by atoms with Gasteiger partial charge in [0.25, 0.3) is 5.91 Å². The minimum absolute atomic E-state index is 0.0709. The number of rotatable bonds is 4. The summed E-state index contributed by atoms with van der Waals surface area (Å²) in [5, 5.41) is 2.76. The van der Waals surface area contributed by atoms with Gasteiger partial charge in [-0.1, -0.05) is 30.3 Å². The van der Waals surface area contributed by atoms with E-state index in [4.69, 9.17) is 4.74 Å². The van der Waals surface area contributed by atoms with Gasteiger partial charge in [-0.25, -0.2) is 12.8 Å². The molecular weight excluding hydrogens is 485 g/mol. The maximum atomic E-state index is 14.3. The Morgan fingerprint density at radius 3 is 2.36 bits per heavy atom. The Morgan fingerprint density at radius 2 is 1.67 bits per heavy atom. The molecule has 1 N–H and O–H groups in total. The molecule has 5 rings (SSSR count). The maximum absolute atomic E-state index is 14.3. The maximum Gasteiger partial charge on any atom is 0.255 e. The quantitative estimate of drug-likeness (QED) is 0.583. The van der Waals surface area contributed by atoms with Gasteiger partial charge in [-0.3, -0.25) is 9.59 Å². The van der Waals surface area contributed by atoms with E-state index in [0.29, 0.717) is 30.0 Å². The van der Waals surface area contributed by atoms with Crippen molar-refractivity contribution < 1.29 is 27.1 Å². The molecule has 1 atom stereocenters. The largest absolute Gasteiger partial charge is 0.379 e. The van der Waals surface area contributed by atoms with Crippen LogP contribution in [0.2, 0.25) is 0 Å². The van der Waals surface area contributed by atoms with Crippen molar-refractivity contribution in [2.24, 2.45) is 0 Å². The van der Waals surface area contributed by atoms with E-state index in [0.717, 1.165) is 0 Å². The number of nitrogens with zero attached hydrogens (tertiary/aromatic N) is 2. The van der Waals surface area contributed by atoms with Crippen LogP contribution in [0.25, 0.3) is 0 Å². The van der Waals surface area contributed by atoms with Crippen LogP contribution in [0.15, 0.2) is 77.7 Å². The van der Waals surface area contributed by atoms with E-state index in [2.05, 4.69) is 5.32 Å². The first kappa shape index (κ1) is 24.1. The lowest BCUT2D eigenvalue weighted by molar-refractivity contribution is -0.117. The highest BCUT2D eigenvalue weighted by Crippen LogP contribution is 2.37. The molecule has 0 saturated carbocycles. The molecule has 0 aliphatic carbocycles. The normalized spacial score (nSPS) is 18.8. The third kappa shape index (κ3) is 4.62. The highest BCUT2D eigenvalue weighted by molar-refractivity contribution is 7.89. The van der Waals surface area contributed by atoms with Crippen LogP contribution in [0.3, 0.4) is 0 Å². The number of fused-ring (bicyclic) bond motifs is 1. The van der Waals surface area contributed by atoms with Crippen molar-refractivity contribution in [1.29, 1.82) is 0 Å². The number of benzene rings is 3. The minimum Gasteiger partial charge on any atom is -0.379 e. The Hall–Kier alpha value is -3.60. The average Bonchev–Trinajstić information content (AvgIpc) is 3.05. The summed E-state index contributed by atoms with van der Waals surface area (Å²) in [5.41, 5.74) is 1.80. The molecule has 0 aromatic heterocycles. The van der Waals surface area contributed by atoms with Gasteiger partial charge in [-0.2, -0.15) is 4.31 Å². The Kier molecular flexibility index (Phi) is 6.57. The topological polar surface area (TPSA) is 96.0 Å². The van der Waals surface area contributed by atoms with Crippen LogP contribution in [0, 0.1) is 5.82 Å². The smallest absolute Gasteiger partial charge is 0.255 e. The van der Waals surface area contributed by atoms with Gasteiger partial charge in [-0.05, 0) is 48.0 Å². The Balaban J connectivity index is 1.52. The van der Waals surface area contributed by atoms with Gasteiger partial charge in [0.05, 0.1) is 24.2 Å². The summed E-state index contributed by atoms with van der Waals surface area (Å²) in [4.78, 5) is 27.9. The predicted octanol–water partition coefficient (Wildman–Crippen LogP) is 3.03. The number of carbonyl (C=O) groups is 2. The van der Waals surface area contributed by atoms with Gasteiger partial charge in [0.2, 0.25) is 15.9 Å². The van der Waals surface area contributed by atoms with Crippen molar-refractivity contribution in [1.82, 2.24) is 9.21 Å². The second-order valence-corrected chi connectivity index (χ2v) is 10.5. The van der Waals surface area contributed by atoms with Gasteiger partial charge in [0.1, 0.15) is 12.4 Å². The number of sulfonamides is 1. The zero-order chi connectivity index (χ0) is 25.3. The zero-order valence-electron chi connectivity index (χ0n) is 19.3. The summed E-state index contributed by atoms with van der Waals surface area (Å²) in [6.45, 7) is 0.926. The number of anilines is 1. The number of morpholine rings is 1. The lowest BCUT2D eigenvalue weighted by Crippen LogP contribution is -2.40. The number of ether oxygens (including phenoxy) is 1. The SMILES string of the molecule is O=C1CN(C(=O)c2ccc(S(=O)(=O)N3CCOCC3)cc2)[C@@H](c2ccccc2)c2cc(F)ccc2N1. The van der Waals surface area contributed by atoms with Gasteiger partial charge in [0.15, 0.2) is 0 Å². The van der Waals surface area contributed by atoms with E-state index in [1.54, 1.807) is 0 Å². The number of nitrogens with one attached hydrogen (secondary N) is 1. The molecule has 2 aliphatic heterocycles. The molecule has 0 bridgehead atoms. The Morgan fingerprint density at radius 1 is 0.972 bits per heavy atom. The number of halogens is 1. The molecule has 8 nitrogen and oxygen atoms in total. The van der Waals surface area contributed by atoms with Gasteiger partial charge < -0.3 is 15.0 Å². The van der Waals surface area contributed by atoms with E-state index in [1.165, 1.54) is 51.7 Å². The van der Waals surface area contributed by atoms with Crippen LogP contribution < -0.4 is 5.32 Å². The predicted molar refractivity (Wildman–Crippen MR) is 130 cm³/mol. The molecular formula is C26H24FN3O5S. The van der Waals surface area contributed by atoms with Crippen molar-refractivity contribution in [2.45, 2.75) is 10.9 Å². The van der Waals surface area contributed by atoms with Crippen molar-refractivity contribution in [3.63, 3.8) is 0 Å². The minimum atomic E-state index is -3.72. The standard InChI is InChI=1S/C26H24FN3O5S/c27-20-8-11-23-22(16-20)25(18-4-2-1-3-5-18)30(17-24(31)28-23)26(32)19-6-9-21(10-7-19)36(33,34)29-12-14-35-15-13-29/h1-11,16,25H,12-15,17H2,(H,28,31)/t25-/m0/s1. The van der Waals surface area contributed by atoms with Gasteiger partial charge in [-0.15, -0.1) is 0 Å². The van der Waals surface area contributed by atoms with Crippen LogP contribution in [0.4, 0.5) is 10.1 Å². The molecule has 0 spiro atoms. The fraction of sp³-hybridized carbons (Fsp3) is 0.231. The zero-order valence-corrected chi connectivity index (χ0v) is 20.1. The first-order chi connectivity index (χ1) is 17.3. The number of amides is 2. The molecule has 0 unspecified atom stereocenters. The van der Waals surface area contributed by atoms with E-state index in [9.17, 15) is 22.4 Å². The summed E-state index contributed by atoms with van der Waals surface area (Å²) in [7, 11) is -3.72. The van der Waals surface area contributed by atoms with Crippen LogP contribution in [-0.2, 0) is 19.6 Å². The third-order valence-corrected chi connectivity index (χ3v) is 8.21. The summed E-state index contributed by atoms with van der Waals surface area (Å²) >= 11 is 0. The molecule has 1 fully saturated rings. The fourth-order valence-electron chi connectivity index (χ4n) is 4.53. The summed E-state index contributed by atoms with van der Waals surface area (Å²) in [5.74, 6) is -1.39. The van der Waals surface area contributed by atoms with Crippen LogP contribution in [0.5, 0.6) is 0 Å². The van der Waals surface area contributed by atoms with E-state index < -0.39 is 33.7 Å². The molecule has 36 heavy (non-hydrogen) atoms. The average molecular weight is 510 g/mol. The summed E-state index contributed by atoms with van der Waals surface area (Å²) < 4.78 is 46.8. The highest BCUT2D eigenvalue weighted by Gasteiger charge is 2.34. The molecule has 3 aromatic carbocycles.